The molecule has 0 aliphatic rings. The van der Waals surface area contributed by atoms with Crippen LogP contribution in [0.2, 0.25) is 0 Å². The number of benzene rings is 1. The smallest absolute Gasteiger partial charge is 0.416 e. The van der Waals surface area contributed by atoms with Crippen LogP contribution in [0.1, 0.15) is 37.8 Å². The Balaban J connectivity index is 2.73. The number of carboxylic acid groups (broad SMARTS) is 1. The van der Waals surface area contributed by atoms with Crippen molar-refractivity contribution < 1.29 is 27.9 Å². The summed E-state index contributed by atoms with van der Waals surface area (Å²) in [6.45, 7) is 3.39. The van der Waals surface area contributed by atoms with Crippen molar-refractivity contribution in [3.8, 4) is 0 Å². The molecule has 0 atom stereocenters. The molecule has 0 fully saturated rings. The van der Waals surface area contributed by atoms with Gasteiger partial charge in [0.05, 0.1) is 17.4 Å². The van der Waals surface area contributed by atoms with Crippen molar-refractivity contribution in [1.82, 2.24) is 5.32 Å². The maximum Gasteiger partial charge on any atom is 0.416 e. The third-order valence-corrected chi connectivity index (χ3v) is 4.05. The molecule has 0 unspecified atom stereocenters. The van der Waals surface area contributed by atoms with E-state index >= 15 is 0 Å². The molecule has 0 saturated carbocycles. The number of nitrogens with one attached hydrogen (secondary N) is 1. The van der Waals surface area contributed by atoms with Gasteiger partial charge in [0, 0.05) is 6.54 Å². The van der Waals surface area contributed by atoms with Gasteiger partial charge >= 0.3 is 12.1 Å². The first kappa shape index (κ1) is 19.0. The molecule has 0 radical (unpaired) electrons. The molecule has 2 N–H and O–H groups in total. The van der Waals surface area contributed by atoms with E-state index in [0.717, 1.165) is 12.1 Å². The molecule has 1 aromatic rings. The van der Waals surface area contributed by atoms with E-state index in [9.17, 15) is 27.9 Å². The number of halogens is 3. The summed E-state index contributed by atoms with van der Waals surface area (Å²) in [4.78, 5) is 23.2. The van der Waals surface area contributed by atoms with Crippen LogP contribution in [0.25, 0.3) is 0 Å². The van der Waals surface area contributed by atoms with Crippen LogP contribution in [0, 0.1) is 5.41 Å². The minimum atomic E-state index is -4.46. The highest BCUT2D eigenvalue weighted by atomic mass is 19.4. The van der Waals surface area contributed by atoms with E-state index < -0.39 is 29.0 Å². The summed E-state index contributed by atoms with van der Waals surface area (Å²) in [7, 11) is 0. The van der Waals surface area contributed by atoms with E-state index in [2.05, 4.69) is 5.32 Å². The Kier molecular flexibility index (Phi) is 6.18. The number of carbonyl (C=O) groups is 2. The SMILES string of the molecule is CCC(CC)(CNC(=O)Cc1cccc(C(F)(F)F)c1)C(=O)O. The van der Waals surface area contributed by atoms with Crippen molar-refractivity contribution in [2.45, 2.75) is 39.3 Å². The fraction of sp³-hybridized carbons (Fsp3) is 0.500. The van der Waals surface area contributed by atoms with Gasteiger partial charge in [-0.2, -0.15) is 13.2 Å². The van der Waals surface area contributed by atoms with Crippen LogP contribution in [0.5, 0.6) is 0 Å². The summed E-state index contributed by atoms with van der Waals surface area (Å²) in [5.74, 6) is -1.50. The predicted molar refractivity (Wildman–Crippen MR) is 78.8 cm³/mol. The lowest BCUT2D eigenvalue weighted by Crippen LogP contribution is -2.42. The van der Waals surface area contributed by atoms with Crippen molar-refractivity contribution in [3.63, 3.8) is 0 Å². The van der Waals surface area contributed by atoms with Gasteiger partial charge in [0.1, 0.15) is 0 Å². The number of carboxylic acids is 1. The van der Waals surface area contributed by atoms with Crippen LogP contribution in [-0.2, 0) is 22.2 Å². The largest absolute Gasteiger partial charge is 0.481 e. The van der Waals surface area contributed by atoms with Gasteiger partial charge in [-0.25, -0.2) is 0 Å². The summed E-state index contributed by atoms with van der Waals surface area (Å²) < 4.78 is 37.9. The van der Waals surface area contributed by atoms with Crippen LogP contribution < -0.4 is 5.32 Å². The maximum absolute atomic E-state index is 12.6. The van der Waals surface area contributed by atoms with E-state index in [1.54, 1.807) is 13.8 Å². The second-order valence-corrected chi connectivity index (χ2v) is 5.44. The van der Waals surface area contributed by atoms with E-state index in [4.69, 9.17) is 0 Å². The zero-order chi connectivity index (χ0) is 17.7. The number of hydrogen-bond acceptors (Lipinski definition) is 2. The Morgan fingerprint density at radius 3 is 2.26 bits per heavy atom. The minimum absolute atomic E-state index is 0.0485. The zero-order valence-corrected chi connectivity index (χ0v) is 13.0. The summed E-state index contributed by atoms with van der Waals surface area (Å²) in [5.41, 5.74) is -1.64. The van der Waals surface area contributed by atoms with Crippen molar-refractivity contribution >= 4 is 11.9 Å². The molecule has 0 aromatic heterocycles. The molecule has 0 bridgehead atoms. The molecule has 1 aromatic carbocycles. The Bertz CT molecular complexity index is 566. The van der Waals surface area contributed by atoms with Gasteiger partial charge in [-0.1, -0.05) is 32.0 Å². The van der Waals surface area contributed by atoms with Crippen molar-refractivity contribution in [2.75, 3.05) is 6.54 Å². The van der Waals surface area contributed by atoms with Crippen molar-refractivity contribution in [1.29, 1.82) is 0 Å². The van der Waals surface area contributed by atoms with E-state index in [1.807, 2.05) is 0 Å². The molecule has 0 spiro atoms. The van der Waals surface area contributed by atoms with Gasteiger partial charge in [0.25, 0.3) is 0 Å². The second-order valence-electron chi connectivity index (χ2n) is 5.44. The standard InChI is InChI=1S/C16H20F3NO3/c1-3-15(4-2,14(22)23)10-20-13(21)9-11-6-5-7-12(8-11)16(17,18)19/h5-8H,3-4,9-10H2,1-2H3,(H,20,21)(H,22,23). The molecule has 128 valence electrons. The molecule has 1 rings (SSSR count). The number of carbonyl (C=O) groups excluding carboxylic acids is 1. The second kappa shape index (κ2) is 7.48. The summed E-state index contributed by atoms with van der Waals surface area (Å²) in [5, 5.41) is 11.8. The van der Waals surface area contributed by atoms with E-state index in [-0.39, 0.29) is 18.5 Å². The van der Waals surface area contributed by atoms with E-state index in [1.165, 1.54) is 12.1 Å². The first-order valence-corrected chi connectivity index (χ1v) is 7.31. The molecular formula is C16H20F3NO3. The van der Waals surface area contributed by atoms with Gasteiger partial charge in [0.15, 0.2) is 0 Å². The minimum Gasteiger partial charge on any atom is -0.481 e. The zero-order valence-electron chi connectivity index (χ0n) is 13.0. The fourth-order valence-corrected chi connectivity index (χ4v) is 2.25. The quantitative estimate of drug-likeness (QED) is 0.806. The number of amides is 1. The van der Waals surface area contributed by atoms with Crippen LogP contribution in [0.15, 0.2) is 24.3 Å². The van der Waals surface area contributed by atoms with Gasteiger partial charge in [-0.15, -0.1) is 0 Å². The molecule has 7 heteroatoms. The fourth-order valence-electron chi connectivity index (χ4n) is 2.25. The molecule has 1 amide bonds. The average molecular weight is 331 g/mol. The molecule has 0 saturated heterocycles. The average Bonchev–Trinajstić information content (AvgIpc) is 2.48. The number of aliphatic carboxylic acids is 1. The van der Waals surface area contributed by atoms with Gasteiger partial charge < -0.3 is 10.4 Å². The molecule has 0 aliphatic carbocycles. The molecule has 0 aliphatic heterocycles. The van der Waals surface area contributed by atoms with Crippen LogP contribution >= 0.6 is 0 Å². The first-order chi connectivity index (χ1) is 10.6. The lowest BCUT2D eigenvalue weighted by molar-refractivity contribution is -0.149. The molecule has 0 heterocycles. The van der Waals surface area contributed by atoms with Crippen molar-refractivity contribution in [2.24, 2.45) is 5.41 Å². The Morgan fingerprint density at radius 2 is 1.78 bits per heavy atom. The molecule has 23 heavy (non-hydrogen) atoms. The van der Waals surface area contributed by atoms with Crippen molar-refractivity contribution in [3.05, 3.63) is 35.4 Å². The van der Waals surface area contributed by atoms with Gasteiger partial charge in [-0.05, 0) is 24.5 Å². The predicted octanol–water partition coefficient (Wildman–Crippen LogP) is 3.26. The maximum atomic E-state index is 12.6. The van der Waals surface area contributed by atoms with Crippen LogP contribution in [0.4, 0.5) is 13.2 Å². The summed E-state index contributed by atoms with van der Waals surface area (Å²) >= 11 is 0. The third-order valence-electron chi connectivity index (χ3n) is 4.05. The van der Waals surface area contributed by atoms with Gasteiger partial charge in [-0.3, -0.25) is 9.59 Å². The number of hydrogen-bond donors (Lipinski definition) is 2. The molecule has 4 nitrogen and oxygen atoms in total. The topological polar surface area (TPSA) is 66.4 Å². The summed E-state index contributed by atoms with van der Waals surface area (Å²) in [6.07, 6.45) is -3.99. The highest BCUT2D eigenvalue weighted by molar-refractivity contribution is 5.80. The van der Waals surface area contributed by atoms with Gasteiger partial charge in [0.2, 0.25) is 5.91 Å². The molecular weight excluding hydrogens is 311 g/mol. The Labute approximate surface area is 132 Å². The monoisotopic (exact) mass is 331 g/mol. The lowest BCUT2D eigenvalue weighted by atomic mass is 9.82. The number of alkyl halides is 3. The van der Waals surface area contributed by atoms with Crippen LogP contribution in [-0.4, -0.2) is 23.5 Å². The van der Waals surface area contributed by atoms with Crippen LogP contribution in [0.3, 0.4) is 0 Å². The first-order valence-electron chi connectivity index (χ1n) is 7.31. The highest BCUT2D eigenvalue weighted by Crippen LogP contribution is 2.29. The highest BCUT2D eigenvalue weighted by Gasteiger charge is 2.35. The van der Waals surface area contributed by atoms with E-state index in [0.29, 0.717) is 12.8 Å². The summed E-state index contributed by atoms with van der Waals surface area (Å²) in [6, 6.07) is 4.53. The Morgan fingerprint density at radius 1 is 1.17 bits per heavy atom. The third kappa shape index (κ3) is 4.97. The normalized spacial score (nSPS) is 12.0. The number of rotatable bonds is 7. The Hall–Kier alpha value is -2.05. The lowest BCUT2D eigenvalue weighted by Gasteiger charge is -2.26.